The molecular formula is C16H27N3O. The molecule has 0 aromatic heterocycles. The van der Waals surface area contributed by atoms with Gasteiger partial charge in [-0.1, -0.05) is 31.5 Å². The second-order valence-corrected chi connectivity index (χ2v) is 5.41. The minimum absolute atomic E-state index is 0.00363. The number of hydrogen-bond donors (Lipinski definition) is 2. The fourth-order valence-electron chi connectivity index (χ4n) is 2.45. The summed E-state index contributed by atoms with van der Waals surface area (Å²) in [7, 11) is 1.97. The minimum atomic E-state index is -0.0926. The van der Waals surface area contributed by atoms with Crippen LogP contribution in [0.5, 0.6) is 0 Å². The Morgan fingerprint density at radius 2 is 1.80 bits per heavy atom. The highest BCUT2D eigenvalue weighted by atomic mass is 16.2. The van der Waals surface area contributed by atoms with Crippen LogP contribution in [0, 0.1) is 6.92 Å². The number of rotatable bonds is 7. The molecule has 0 aliphatic heterocycles. The van der Waals surface area contributed by atoms with Gasteiger partial charge in [-0.05, 0) is 38.9 Å². The number of nitrogens with two attached hydrogens (primary N) is 1. The van der Waals surface area contributed by atoms with Crippen molar-refractivity contribution in [3.05, 3.63) is 29.8 Å². The third-order valence-electron chi connectivity index (χ3n) is 4.22. The predicted octanol–water partition coefficient (Wildman–Crippen LogP) is 2.38. The van der Waals surface area contributed by atoms with Crippen molar-refractivity contribution in [2.45, 2.75) is 39.2 Å². The molecule has 1 amide bonds. The number of benzene rings is 1. The molecule has 20 heavy (non-hydrogen) atoms. The molecule has 112 valence electrons. The zero-order chi connectivity index (χ0) is 15.2. The molecule has 0 aliphatic carbocycles. The molecule has 0 saturated carbocycles. The van der Waals surface area contributed by atoms with E-state index < -0.39 is 0 Å². The first-order valence-electron chi connectivity index (χ1n) is 7.25. The normalized spacial score (nSPS) is 11.7. The van der Waals surface area contributed by atoms with Gasteiger partial charge in [0.05, 0.1) is 6.54 Å². The number of amides is 1. The summed E-state index contributed by atoms with van der Waals surface area (Å²) in [4.78, 5) is 14.2. The molecule has 0 atom stereocenters. The van der Waals surface area contributed by atoms with E-state index in [9.17, 15) is 4.79 Å². The highest BCUT2D eigenvalue weighted by Crippen LogP contribution is 2.21. The number of aryl methyl sites for hydroxylation is 1. The number of nitrogens with zero attached hydrogens (tertiary/aromatic N) is 1. The van der Waals surface area contributed by atoms with Crippen LogP contribution < -0.4 is 11.1 Å². The summed E-state index contributed by atoms with van der Waals surface area (Å²) in [6, 6.07) is 7.81. The topological polar surface area (TPSA) is 58.4 Å². The fourth-order valence-corrected chi connectivity index (χ4v) is 2.45. The van der Waals surface area contributed by atoms with Crippen LogP contribution in [0.15, 0.2) is 24.3 Å². The van der Waals surface area contributed by atoms with Crippen molar-refractivity contribution in [2.75, 3.05) is 25.5 Å². The Balaban J connectivity index is 2.63. The maximum Gasteiger partial charge on any atom is 0.238 e. The van der Waals surface area contributed by atoms with Crippen molar-refractivity contribution < 1.29 is 4.79 Å². The van der Waals surface area contributed by atoms with Crippen molar-refractivity contribution in [1.29, 1.82) is 0 Å². The molecule has 1 aromatic carbocycles. The zero-order valence-corrected chi connectivity index (χ0v) is 13.1. The number of carbonyl (C=O) groups excluding carboxylic acids is 1. The average molecular weight is 277 g/mol. The number of anilines is 1. The number of carbonyl (C=O) groups is 1. The van der Waals surface area contributed by atoms with Gasteiger partial charge < -0.3 is 11.1 Å². The molecule has 0 aliphatic rings. The van der Waals surface area contributed by atoms with E-state index in [0.717, 1.165) is 18.5 Å². The van der Waals surface area contributed by atoms with Gasteiger partial charge >= 0.3 is 0 Å². The Bertz CT molecular complexity index is 416. The van der Waals surface area contributed by atoms with Gasteiger partial charge in [0.15, 0.2) is 0 Å². The van der Waals surface area contributed by atoms with E-state index in [0.29, 0.717) is 13.1 Å². The number of likely N-dealkylation sites (N-methyl/N-ethyl adjacent to an activating group) is 1. The maximum absolute atomic E-state index is 12.1. The Kier molecular flexibility index (Phi) is 6.17. The average Bonchev–Trinajstić information content (AvgIpc) is 2.44. The van der Waals surface area contributed by atoms with Crippen molar-refractivity contribution in [3.8, 4) is 0 Å². The smallest absolute Gasteiger partial charge is 0.238 e. The van der Waals surface area contributed by atoms with E-state index in [1.165, 1.54) is 5.56 Å². The Morgan fingerprint density at radius 3 is 2.25 bits per heavy atom. The second-order valence-electron chi connectivity index (χ2n) is 5.41. The molecule has 0 fully saturated rings. The van der Waals surface area contributed by atoms with E-state index in [4.69, 9.17) is 5.73 Å². The van der Waals surface area contributed by atoms with Crippen molar-refractivity contribution in [2.24, 2.45) is 5.73 Å². The Labute approximate surface area is 122 Å². The largest absolute Gasteiger partial charge is 0.329 e. The van der Waals surface area contributed by atoms with Crippen LogP contribution in [0.2, 0.25) is 0 Å². The lowest BCUT2D eigenvalue weighted by Crippen LogP contribution is -2.53. The van der Waals surface area contributed by atoms with E-state index in [1.807, 2.05) is 38.2 Å². The van der Waals surface area contributed by atoms with Crippen LogP contribution in [0.1, 0.15) is 32.3 Å². The first-order chi connectivity index (χ1) is 9.47. The lowest BCUT2D eigenvalue weighted by molar-refractivity contribution is -0.118. The van der Waals surface area contributed by atoms with E-state index in [-0.39, 0.29) is 11.4 Å². The number of hydrogen-bond acceptors (Lipinski definition) is 3. The SMILES string of the molecule is CCC(CC)(CN)N(C)CC(=O)Nc1ccc(C)cc1. The number of nitrogens with one attached hydrogen (secondary N) is 1. The molecule has 0 radical (unpaired) electrons. The Hall–Kier alpha value is -1.39. The Morgan fingerprint density at radius 1 is 1.25 bits per heavy atom. The third kappa shape index (κ3) is 4.05. The molecule has 4 nitrogen and oxygen atoms in total. The van der Waals surface area contributed by atoms with Crippen molar-refractivity contribution in [1.82, 2.24) is 4.90 Å². The van der Waals surface area contributed by atoms with Crippen LogP contribution in [0.25, 0.3) is 0 Å². The molecule has 0 saturated heterocycles. The molecule has 0 heterocycles. The minimum Gasteiger partial charge on any atom is -0.329 e. The van der Waals surface area contributed by atoms with Crippen LogP contribution in [0.3, 0.4) is 0 Å². The predicted molar refractivity (Wildman–Crippen MR) is 84.8 cm³/mol. The summed E-state index contributed by atoms with van der Waals surface area (Å²) in [5.74, 6) is -0.00363. The summed E-state index contributed by atoms with van der Waals surface area (Å²) in [5, 5.41) is 2.92. The van der Waals surface area contributed by atoms with E-state index in [1.54, 1.807) is 0 Å². The van der Waals surface area contributed by atoms with Crippen LogP contribution >= 0.6 is 0 Å². The molecule has 0 unspecified atom stereocenters. The molecule has 4 heteroatoms. The first kappa shape index (κ1) is 16.7. The summed E-state index contributed by atoms with van der Waals surface area (Å²) in [6.07, 6.45) is 1.88. The summed E-state index contributed by atoms with van der Waals surface area (Å²) in [6.45, 7) is 7.17. The van der Waals surface area contributed by atoms with Crippen molar-refractivity contribution in [3.63, 3.8) is 0 Å². The lowest BCUT2D eigenvalue weighted by Gasteiger charge is -2.39. The van der Waals surface area contributed by atoms with Crippen LogP contribution in [-0.4, -0.2) is 36.5 Å². The highest BCUT2D eigenvalue weighted by Gasteiger charge is 2.30. The maximum atomic E-state index is 12.1. The van der Waals surface area contributed by atoms with Gasteiger partial charge in [-0.25, -0.2) is 0 Å². The third-order valence-corrected chi connectivity index (χ3v) is 4.22. The van der Waals surface area contributed by atoms with Gasteiger partial charge in [0, 0.05) is 17.8 Å². The van der Waals surface area contributed by atoms with Gasteiger partial charge in [0.1, 0.15) is 0 Å². The second kappa shape index (κ2) is 7.41. The van der Waals surface area contributed by atoms with E-state index >= 15 is 0 Å². The van der Waals surface area contributed by atoms with Crippen LogP contribution in [0.4, 0.5) is 5.69 Å². The monoisotopic (exact) mass is 277 g/mol. The summed E-state index contributed by atoms with van der Waals surface area (Å²) in [5.41, 5.74) is 7.82. The van der Waals surface area contributed by atoms with E-state index in [2.05, 4.69) is 24.1 Å². The van der Waals surface area contributed by atoms with Gasteiger partial charge in [-0.2, -0.15) is 0 Å². The van der Waals surface area contributed by atoms with Crippen LogP contribution in [-0.2, 0) is 4.79 Å². The lowest BCUT2D eigenvalue weighted by atomic mass is 9.91. The quantitative estimate of drug-likeness (QED) is 0.804. The molecule has 3 N–H and O–H groups in total. The molecule has 0 spiro atoms. The molecule has 0 bridgehead atoms. The van der Waals surface area contributed by atoms with Crippen molar-refractivity contribution >= 4 is 11.6 Å². The zero-order valence-electron chi connectivity index (χ0n) is 13.1. The summed E-state index contributed by atoms with van der Waals surface area (Å²) < 4.78 is 0. The molecule has 1 aromatic rings. The first-order valence-corrected chi connectivity index (χ1v) is 7.25. The molecule has 1 rings (SSSR count). The van der Waals surface area contributed by atoms with Gasteiger partial charge in [0.2, 0.25) is 5.91 Å². The standard InChI is InChI=1S/C16H27N3O/c1-5-16(6-2,12-17)19(4)11-15(20)18-14-9-7-13(3)8-10-14/h7-10H,5-6,11-12,17H2,1-4H3,(H,18,20). The fraction of sp³-hybridized carbons (Fsp3) is 0.562. The summed E-state index contributed by atoms with van der Waals surface area (Å²) >= 11 is 0. The van der Waals surface area contributed by atoms with Gasteiger partial charge in [0.25, 0.3) is 0 Å². The molecular weight excluding hydrogens is 250 g/mol. The van der Waals surface area contributed by atoms with Gasteiger partial charge in [-0.15, -0.1) is 0 Å². The highest BCUT2D eigenvalue weighted by molar-refractivity contribution is 5.92. The van der Waals surface area contributed by atoms with Gasteiger partial charge in [-0.3, -0.25) is 9.69 Å².